The Bertz CT molecular complexity index is 1140. The maximum Gasteiger partial charge on any atom is 0.287 e. The summed E-state index contributed by atoms with van der Waals surface area (Å²) in [5, 5.41) is 2.86. The Hall–Kier alpha value is -3.87. The Labute approximate surface area is 167 Å². The zero-order chi connectivity index (χ0) is 20.1. The van der Waals surface area contributed by atoms with Crippen LogP contribution in [0.4, 0.5) is 0 Å². The van der Waals surface area contributed by atoms with E-state index >= 15 is 0 Å². The highest BCUT2D eigenvalue weighted by molar-refractivity contribution is 5.91. The van der Waals surface area contributed by atoms with Gasteiger partial charge in [0.25, 0.3) is 11.5 Å². The second kappa shape index (κ2) is 8.43. The molecular weight excluding hydrogens is 368 g/mol. The summed E-state index contributed by atoms with van der Waals surface area (Å²) >= 11 is 0. The average molecular weight is 388 g/mol. The van der Waals surface area contributed by atoms with Crippen molar-refractivity contribution in [2.75, 3.05) is 0 Å². The highest BCUT2D eigenvalue weighted by atomic mass is 16.4. The van der Waals surface area contributed by atoms with Crippen LogP contribution in [0.3, 0.4) is 0 Å². The first-order chi connectivity index (χ1) is 14.2. The molecule has 1 amide bonds. The molecule has 1 N–H and O–H groups in total. The topological polar surface area (TPSA) is 82.1 Å². The van der Waals surface area contributed by atoms with E-state index in [0.717, 1.165) is 11.1 Å². The number of carbonyl (C=O) groups is 1. The molecule has 0 fully saturated rings. The molecule has 0 spiro atoms. The summed E-state index contributed by atoms with van der Waals surface area (Å²) in [4.78, 5) is 28.1. The van der Waals surface area contributed by atoms with E-state index in [-0.39, 0.29) is 17.2 Å². The number of amides is 1. The van der Waals surface area contributed by atoms with Gasteiger partial charge in [-0.1, -0.05) is 30.3 Å². The van der Waals surface area contributed by atoms with Crippen molar-refractivity contribution < 1.29 is 9.21 Å². The van der Waals surface area contributed by atoms with Crippen LogP contribution in [0.5, 0.6) is 0 Å². The first-order valence-corrected chi connectivity index (χ1v) is 9.23. The van der Waals surface area contributed by atoms with Gasteiger partial charge in [-0.05, 0) is 29.3 Å². The molecule has 0 aliphatic rings. The predicted molar refractivity (Wildman–Crippen MR) is 107 cm³/mol. The van der Waals surface area contributed by atoms with Gasteiger partial charge >= 0.3 is 0 Å². The number of pyridine rings is 1. The van der Waals surface area contributed by atoms with Gasteiger partial charge in [0.15, 0.2) is 5.76 Å². The summed E-state index contributed by atoms with van der Waals surface area (Å²) in [5.41, 5.74) is 1.95. The van der Waals surface area contributed by atoms with E-state index < -0.39 is 0 Å². The van der Waals surface area contributed by atoms with Crippen LogP contribution < -0.4 is 10.9 Å². The quantitative estimate of drug-likeness (QED) is 0.528. The molecule has 0 bridgehead atoms. The molecule has 0 aliphatic heterocycles. The molecule has 3 heterocycles. The van der Waals surface area contributed by atoms with E-state index in [2.05, 4.69) is 10.3 Å². The molecule has 3 aromatic heterocycles. The van der Waals surface area contributed by atoms with Crippen LogP contribution >= 0.6 is 0 Å². The Kier molecular flexibility index (Phi) is 5.38. The van der Waals surface area contributed by atoms with Crippen LogP contribution in [0.2, 0.25) is 0 Å². The maximum atomic E-state index is 12.3. The van der Waals surface area contributed by atoms with E-state index in [0.29, 0.717) is 25.4 Å². The lowest BCUT2D eigenvalue weighted by Gasteiger charge is -2.07. The van der Waals surface area contributed by atoms with Crippen molar-refractivity contribution >= 4 is 5.91 Å². The number of nitrogens with zero attached hydrogens (tertiary/aromatic N) is 3. The van der Waals surface area contributed by atoms with E-state index in [4.69, 9.17) is 4.42 Å². The van der Waals surface area contributed by atoms with Crippen molar-refractivity contribution in [2.45, 2.75) is 19.6 Å². The van der Waals surface area contributed by atoms with Gasteiger partial charge in [-0.25, -0.2) is 4.98 Å². The highest BCUT2D eigenvalue weighted by Gasteiger charge is 2.11. The third-order valence-electron chi connectivity index (χ3n) is 4.51. The molecule has 0 atom stereocenters. The smallest absolute Gasteiger partial charge is 0.287 e. The fourth-order valence-electron chi connectivity index (χ4n) is 2.97. The molecule has 0 saturated heterocycles. The Morgan fingerprint density at radius 3 is 2.55 bits per heavy atom. The fraction of sp³-hybridized carbons (Fsp3) is 0.136. The third-order valence-corrected chi connectivity index (χ3v) is 4.51. The van der Waals surface area contributed by atoms with Gasteiger partial charge in [0.2, 0.25) is 0 Å². The maximum absolute atomic E-state index is 12.3. The minimum Gasteiger partial charge on any atom is -0.454 e. The Balaban J connectivity index is 1.32. The first kappa shape index (κ1) is 18.5. The van der Waals surface area contributed by atoms with E-state index in [1.807, 2.05) is 41.1 Å². The number of imidazole rings is 1. The molecular formula is C22H20N4O3. The molecule has 0 unspecified atom stereocenters. The van der Waals surface area contributed by atoms with Crippen LogP contribution in [0, 0.1) is 0 Å². The lowest BCUT2D eigenvalue weighted by molar-refractivity contribution is 0.0921. The minimum absolute atomic E-state index is 0.0327. The molecule has 4 rings (SSSR count). The molecule has 146 valence electrons. The summed E-state index contributed by atoms with van der Waals surface area (Å²) in [6, 6.07) is 16.3. The van der Waals surface area contributed by atoms with Crippen molar-refractivity contribution in [3.05, 3.63) is 113 Å². The van der Waals surface area contributed by atoms with Crippen molar-refractivity contribution in [1.82, 2.24) is 19.4 Å². The summed E-state index contributed by atoms with van der Waals surface area (Å²) in [7, 11) is 0. The van der Waals surface area contributed by atoms with Crippen molar-refractivity contribution in [1.29, 1.82) is 0 Å². The number of nitrogens with one attached hydrogen (secondary N) is 1. The fourth-order valence-corrected chi connectivity index (χ4v) is 2.97. The standard InChI is InChI=1S/C22H20N4O3/c27-21-3-1-2-11-26(21)14-18-6-4-17(5-7-18)13-24-22(28)20-9-8-19(29-20)15-25-12-10-23-16-25/h1-12,16H,13-15H2,(H,24,28). The molecule has 0 aliphatic carbocycles. The molecule has 0 radical (unpaired) electrons. The lowest BCUT2D eigenvalue weighted by Crippen LogP contribution is -2.22. The predicted octanol–water partition coefficient (Wildman–Crippen LogP) is 2.66. The second-order valence-electron chi connectivity index (χ2n) is 6.67. The number of rotatable bonds is 7. The highest BCUT2D eigenvalue weighted by Crippen LogP contribution is 2.11. The van der Waals surface area contributed by atoms with Gasteiger partial charge in [0, 0.05) is 31.2 Å². The normalized spacial score (nSPS) is 10.8. The van der Waals surface area contributed by atoms with E-state index in [9.17, 15) is 9.59 Å². The van der Waals surface area contributed by atoms with Crippen LogP contribution in [0.15, 0.2) is 88.7 Å². The Morgan fingerprint density at radius 2 is 1.79 bits per heavy atom. The van der Waals surface area contributed by atoms with Gasteiger partial charge in [-0.15, -0.1) is 0 Å². The second-order valence-corrected chi connectivity index (χ2v) is 6.67. The van der Waals surface area contributed by atoms with E-state index in [1.165, 1.54) is 0 Å². The molecule has 0 saturated carbocycles. The van der Waals surface area contributed by atoms with Crippen LogP contribution in [0.1, 0.15) is 27.4 Å². The largest absolute Gasteiger partial charge is 0.454 e. The number of benzene rings is 1. The van der Waals surface area contributed by atoms with Crippen molar-refractivity contribution in [3.8, 4) is 0 Å². The number of hydrogen-bond donors (Lipinski definition) is 1. The van der Waals surface area contributed by atoms with Gasteiger partial charge in [-0.2, -0.15) is 0 Å². The lowest BCUT2D eigenvalue weighted by atomic mass is 10.1. The monoisotopic (exact) mass is 388 g/mol. The Morgan fingerprint density at radius 1 is 0.966 bits per heavy atom. The van der Waals surface area contributed by atoms with E-state index in [1.54, 1.807) is 47.6 Å². The summed E-state index contributed by atoms with van der Waals surface area (Å²) in [6.45, 7) is 1.43. The molecule has 29 heavy (non-hydrogen) atoms. The summed E-state index contributed by atoms with van der Waals surface area (Å²) in [6.07, 6.45) is 6.99. The average Bonchev–Trinajstić information content (AvgIpc) is 3.42. The van der Waals surface area contributed by atoms with Gasteiger partial charge in [0.1, 0.15) is 5.76 Å². The van der Waals surface area contributed by atoms with Crippen molar-refractivity contribution in [3.63, 3.8) is 0 Å². The van der Waals surface area contributed by atoms with Crippen LogP contribution in [-0.2, 0) is 19.6 Å². The number of hydrogen-bond acceptors (Lipinski definition) is 4. The molecule has 7 heteroatoms. The first-order valence-electron chi connectivity index (χ1n) is 9.23. The number of furan rings is 1. The zero-order valence-corrected chi connectivity index (χ0v) is 15.7. The minimum atomic E-state index is -0.262. The van der Waals surface area contributed by atoms with Crippen molar-refractivity contribution in [2.24, 2.45) is 0 Å². The summed E-state index contributed by atoms with van der Waals surface area (Å²) < 4.78 is 9.13. The number of carbonyl (C=O) groups excluding carboxylic acids is 1. The van der Waals surface area contributed by atoms with Crippen LogP contribution in [0.25, 0.3) is 0 Å². The third kappa shape index (κ3) is 4.70. The zero-order valence-electron chi connectivity index (χ0n) is 15.7. The SMILES string of the molecule is O=C(NCc1ccc(Cn2ccccc2=O)cc1)c1ccc(Cn2ccnc2)o1. The van der Waals surface area contributed by atoms with Gasteiger partial charge < -0.3 is 18.9 Å². The molecule has 1 aromatic carbocycles. The van der Waals surface area contributed by atoms with Gasteiger partial charge in [0.05, 0.1) is 19.4 Å². The molecule has 7 nitrogen and oxygen atoms in total. The summed E-state index contributed by atoms with van der Waals surface area (Å²) in [5.74, 6) is 0.704. The molecule has 4 aromatic rings. The van der Waals surface area contributed by atoms with Crippen LogP contribution in [-0.4, -0.2) is 20.0 Å². The van der Waals surface area contributed by atoms with Gasteiger partial charge in [-0.3, -0.25) is 9.59 Å². The number of aromatic nitrogens is 3.